The SMILES string of the molecule is CC(=O)NCCc1ccc(C(=O)COC(=O)c2ccc3[nH]c4c(c3c2)CC(C)CC4)s1. The number of thiophene rings is 1. The summed E-state index contributed by atoms with van der Waals surface area (Å²) in [6.07, 6.45) is 3.88. The Hall–Kier alpha value is -2.93. The second kappa shape index (κ2) is 9.06. The Balaban J connectivity index is 1.38. The Morgan fingerprint density at radius 3 is 2.87 bits per heavy atom. The Kier molecular flexibility index (Phi) is 6.23. The van der Waals surface area contributed by atoms with Gasteiger partial charge in [0.2, 0.25) is 11.7 Å². The van der Waals surface area contributed by atoms with Crippen LogP contribution in [-0.2, 0) is 28.8 Å². The van der Waals surface area contributed by atoms with Crippen molar-refractivity contribution >= 4 is 39.9 Å². The zero-order valence-electron chi connectivity index (χ0n) is 17.7. The van der Waals surface area contributed by atoms with Crippen molar-refractivity contribution in [1.82, 2.24) is 10.3 Å². The lowest BCUT2D eigenvalue weighted by Crippen LogP contribution is -2.22. The van der Waals surface area contributed by atoms with Gasteiger partial charge in [-0.2, -0.15) is 0 Å². The van der Waals surface area contributed by atoms with Crippen LogP contribution in [0.3, 0.4) is 0 Å². The van der Waals surface area contributed by atoms with Gasteiger partial charge in [-0.15, -0.1) is 11.3 Å². The number of hydrogen-bond acceptors (Lipinski definition) is 5. The first-order chi connectivity index (χ1) is 14.9. The van der Waals surface area contributed by atoms with Crippen LogP contribution in [0.15, 0.2) is 30.3 Å². The van der Waals surface area contributed by atoms with Gasteiger partial charge in [-0.05, 0) is 67.5 Å². The average Bonchev–Trinajstić information content (AvgIpc) is 3.35. The summed E-state index contributed by atoms with van der Waals surface area (Å²) in [5.74, 6) is -0.157. The second-order valence-corrected chi connectivity index (χ2v) is 9.36. The first kappa shape index (κ1) is 21.3. The summed E-state index contributed by atoms with van der Waals surface area (Å²) in [4.78, 5) is 41.0. The van der Waals surface area contributed by atoms with Gasteiger partial charge in [0.15, 0.2) is 6.61 Å². The Labute approximate surface area is 185 Å². The fourth-order valence-electron chi connectivity index (χ4n) is 4.03. The summed E-state index contributed by atoms with van der Waals surface area (Å²) < 4.78 is 5.31. The molecule has 31 heavy (non-hydrogen) atoms. The summed E-state index contributed by atoms with van der Waals surface area (Å²) >= 11 is 1.36. The van der Waals surface area contributed by atoms with Gasteiger partial charge in [-0.1, -0.05) is 6.92 Å². The Morgan fingerprint density at radius 2 is 2.06 bits per heavy atom. The second-order valence-electron chi connectivity index (χ2n) is 8.19. The monoisotopic (exact) mass is 438 g/mol. The molecule has 7 heteroatoms. The molecule has 0 spiro atoms. The lowest BCUT2D eigenvalue weighted by molar-refractivity contribution is -0.118. The molecule has 1 aliphatic rings. The predicted molar refractivity (Wildman–Crippen MR) is 121 cm³/mol. The number of benzene rings is 1. The van der Waals surface area contributed by atoms with E-state index in [1.165, 1.54) is 35.9 Å². The highest BCUT2D eigenvalue weighted by Crippen LogP contribution is 2.32. The van der Waals surface area contributed by atoms with Crippen LogP contribution in [0.25, 0.3) is 10.9 Å². The normalized spacial score (nSPS) is 15.5. The molecule has 1 atom stereocenters. The predicted octanol–water partition coefficient (Wildman–Crippen LogP) is 4.07. The molecule has 0 aliphatic heterocycles. The lowest BCUT2D eigenvalue weighted by Gasteiger charge is -2.18. The van der Waals surface area contributed by atoms with E-state index in [1.54, 1.807) is 12.1 Å². The molecule has 4 rings (SSSR count). The molecule has 0 saturated carbocycles. The minimum atomic E-state index is -0.489. The number of carbonyl (C=O) groups is 3. The number of esters is 1. The molecule has 0 radical (unpaired) electrons. The van der Waals surface area contributed by atoms with Crippen molar-refractivity contribution in [1.29, 1.82) is 0 Å². The third kappa shape index (κ3) is 4.88. The number of aromatic amines is 1. The van der Waals surface area contributed by atoms with E-state index in [9.17, 15) is 14.4 Å². The van der Waals surface area contributed by atoms with Crippen LogP contribution in [0.2, 0.25) is 0 Å². The van der Waals surface area contributed by atoms with E-state index in [2.05, 4.69) is 17.2 Å². The smallest absolute Gasteiger partial charge is 0.338 e. The van der Waals surface area contributed by atoms with Crippen molar-refractivity contribution < 1.29 is 19.1 Å². The quantitative estimate of drug-likeness (QED) is 0.430. The Bertz CT molecular complexity index is 1140. The van der Waals surface area contributed by atoms with E-state index in [0.717, 1.165) is 28.6 Å². The number of amides is 1. The van der Waals surface area contributed by atoms with E-state index >= 15 is 0 Å². The van der Waals surface area contributed by atoms with Crippen LogP contribution in [0.5, 0.6) is 0 Å². The van der Waals surface area contributed by atoms with Crippen molar-refractivity contribution in [2.75, 3.05) is 13.2 Å². The summed E-state index contributed by atoms with van der Waals surface area (Å²) in [5.41, 5.74) is 4.06. The highest BCUT2D eigenvalue weighted by molar-refractivity contribution is 7.14. The molecular formula is C24H26N2O4S. The summed E-state index contributed by atoms with van der Waals surface area (Å²) in [5, 5.41) is 3.81. The number of hydrogen-bond donors (Lipinski definition) is 2. The van der Waals surface area contributed by atoms with E-state index in [4.69, 9.17) is 4.74 Å². The van der Waals surface area contributed by atoms with Crippen LogP contribution >= 0.6 is 11.3 Å². The number of Topliss-reactive ketones (excluding diaryl/α,β-unsaturated/α-hetero) is 1. The number of ketones is 1. The number of aryl methyl sites for hydroxylation is 1. The molecule has 162 valence electrons. The van der Waals surface area contributed by atoms with E-state index in [-0.39, 0.29) is 18.3 Å². The third-order valence-corrected chi connectivity index (χ3v) is 6.87. The molecule has 0 saturated heterocycles. The number of fused-ring (bicyclic) bond motifs is 3. The lowest BCUT2D eigenvalue weighted by atomic mass is 9.87. The molecular weight excluding hydrogens is 412 g/mol. The van der Waals surface area contributed by atoms with Crippen molar-refractivity contribution in [3.8, 4) is 0 Å². The van der Waals surface area contributed by atoms with Gasteiger partial charge in [0.1, 0.15) is 0 Å². The zero-order chi connectivity index (χ0) is 22.0. The van der Waals surface area contributed by atoms with E-state index in [0.29, 0.717) is 29.3 Å². The number of ether oxygens (including phenoxy) is 1. The standard InChI is InChI=1S/C24H26N2O4S/c1-14-3-6-20-18(11-14)19-12-16(4-7-21(19)26-20)24(29)30-13-22(28)23-8-5-17(31-23)9-10-25-15(2)27/h4-5,7-8,12,14,26H,3,6,9-11,13H2,1-2H3,(H,25,27). The molecule has 3 aromatic rings. The average molecular weight is 439 g/mol. The molecule has 2 heterocycles. The first-order valence-corrected chi connectivity index (χ1v) is 11.4. The minimum Gasteiger partial charge on any atom is -0.454 e. The summed E-state index contributed by atoms with van der Waals surface area (Å²) in [6, 6.07) is 9.14. The summed E-state index contributed by atoms with van der Waals surface area (Å²) in [7, 11) is 0. The fourth-order valence-corrected chi connectivity index (χ4v) is 4.96. The molecule has 2 N–H and O–H groups in total. The van der Waals surface area contributed by atoms with Crippen LogP contribution in [0, 0.1) is 5.92 Å². The molecule has 1 aliphatic carbocycles. The molecule has 1 unspecified atom stereocenters. The minimum absolute atomic E-state index is 0.0763. The number of aromatic nitrogens is 1. The molecule has 0 fully saturated rings. The van der Waals surface area contributed by atoms with Crippen molar-refractivity contribution in [2.24, 2.45) is 5.92 Å². The third-order valence-electron chi connectivity index (χ3n) is 5.69. The molecule has 2 aromatic heterocycles. The Morgan fingerprint density at radius 1 is 1.23 bits per heavy atom. The van der Waals surface area contributed by atoms with E-state index < -0.39 is 5.97 Å². The van der Waals surface area contributed by atoms with Gasteiger partial charge in [-0.3, -0.25) is 9.59 Å². The highest BCUT2D eigenvalue weighted by Gasteiger charge is 2.21. The first-order valence-electron chi connectivity index (χ1n) is 10.6. The molecule has 6 nitrogen and oxygen atoms in total. The van der Waals surface area contributed by atoms with Gasteiger partial charge < -0.3 is 15.0 Å². The summed E-state index contributed by atoms with van der Waals surface area (Å²) in [6.45, 7) is 3.97. The fraction of sp³-hybridized carbons (Fsp3) is 0.375. The molecule has 0 bridgehead atoms. The highest BCUT2D eigenvalue weighted by atomic mass is 32.1. The maximum Gasteiger partial charge on any atom is 0.338 e. The number of H-pyrrole nitrogens is 1. The van der Waals surface area contributed by atoms with Gasteiger partial charge in [-0.25, -0.2) is 4.79 Å². The molecule has 1 amide bonds. The van der Waals surface area contributed by atoms with Gasteiger partial charge >= 0.3 is 5.97 Å². The van der Waals surface area contributed by atoms with Crippen molar-refractivity contribution in [3.63, 3.8) is 0 Å². The topological polar surface area (TPSA) is 88.3 Å². The van der Waals surface area contributed by atoms with Crippen molar-refractivity contribution in [3.05, 3.63) is 56.9 Å². The molecule has 1 aromatic carbocycles. The van der Waals surface area contributed by atoms with Gasteiger partial charge in [0.25, 0.3) is 0 Å². The van der Waals surface area contributed by atoms with Crippen LogP contribution in [0.1, 0.15) is 56.4 Å². The largest absolute Gasteiger partial charge is 0.454 e. The number of carbonyl (C=O) groups excluding carboxylic acids is 3. The van der Waals surface area contributed by atoms with Crippen LogP contribution < -0.4 is 5.32 Å². The van der Waals surface area contributed by atoms with Crippen LogP contribution in [-0.4, -0.2) is 35.8 Å². The van der Waals surface area contributed by atoms with Crippen molar-refractivity contribution in [2.45, 2.75) is 39.5 Å². The maximum atomic E-state index is 12.6. The van der Waals surface area contributed by atoms with Crippen LogP contribution in [0.4, 0.5) is 0 Å². The van der Waals surface area contributed by atoms with Gasteiger partial charge in [0.05, 0.1) is 10.4 Å². The van der Waals surface area contributed by atoms with Gasteiger partial charge in [0, 0.05) is 34.9 Å². The number of rotatable bonds is 7. The number of nitrogens with one attached hydrogen (secondary N) is 2. The van der Waals surface area contributed by atoms with E-state index in [1.807, 2.05) is 18.2 Å². The zero-order valence-corrected chi connectivity index (χ0v) is 18.6. The maximum absolute atomic E-state index is 12.6.